The molecule has 0 aliphatic rings. The minimum absolute atomic E-state index is 0.106. The van der Waals surface area contributed by atoms with E-state index < -0.39 is 5.54 Å². The maximum atomic E-state index is 11.7. The average molecular weight is 278 g/mol. The fourth-order valence-corrected chi connectivity index (χ4v) is 1.64. The van der Waals surface area contributed by atoms with E-state index in [4.69, 9.17) is 5.11 Å². The van der Waals surface area contributed by atoms with Crippen molar-refractivity contribution in [3.8, 4) is 0 Å². The largest absolute Gasteiger partial charge is 0.394 e. The van der Waals surface area contributed by atoms with Crippen LogP contribution in [-0.4, -0.2) is 35.6 Å². The summed E-state index contributed by atoms with van der Waals surface area (Å²) in [6.45, 7) is 3.63. The topological polar surface area (TPSA) is 78.4 Å². The van der Waals surface area contributed by atoms with E-state index in [0.29, 0.717) is 13.0 Å². The molecule has 1 rings (SSSR count). The van der Waals surface area contributed by atoms with E-state index in [9.17, 15) is 9.59 Å². The van der Waals surface area contributed by atoms with E-state index in [2.05, 4.69) is 10.6 Å². The van der Waals surface area contributed by atoms with E-state index >= 15 is 0 Å². The number of carbonyl (C=O) groups is 2. The van der Waals surface area contributed by atoms with Crippen molar-refractivity contribution in [1.29, 1.82) is 0 Å². The maximum Gasteiger partial charge on any atom is 0.224 e. The van der Waals surface area contributed by atoms with Crippen LogP contribution in [0.15, 0.2) is 30.3 Å². The number of rotatable bonds is 7. The Morgan fingerprint density at radius 1 is 1.15 bits per heavy atom. The number of hydrogen-bond donors (Lipinski definition) is 3. The molecule has 0 bridgehead atoms. The second-order valence-electron chi connectivity index (χ2n) is 5.35. The lowest BCUT2D eigenvalue weighted by atomic mass is 10.1. The first-order chi connectivity index (χ1) is 9.43. The van der Waals surface area contributed by atoms with Crippen molar-refractivity contribution in [1.82, 2.24) is 10.6 Å². The Hall–Kier alpha value is -1.88. The van der Waals surface area contributed by atoms with Crippen LogP contribution in [0.5, 0.6) is 0 Å². The highest BCUT2D eigenvalue weighted by molar-refractivity contribution is 5.80. The molecule has 5 heteroatoms. The molecular weight excluding hydrogens is 256 g/mol. The van der Waals surface area contributed by atoms with E-state index in [1.54, 1.807) is 13.8 Å². The zero-order chi connectivity index (χ0) is 15.0. The second-order valence-corrected chi connectivity index (χ2v) is 5.35. The Kier molecular flexibility index (Phi) is 6.18. The van der Waals surface area contributed by atoms with Gasteiger partial charge in [-0.2, -0.15) is 0 Å². The van der Waals surface area contributed by atoms with Gasteiger partial charge in [0.05, 0.1) is 18.6 Å². The average Bonchev–Trinajstić information content (AvgIpc) is 2.39. The summed E-state index contributed by atoms with van der Waals surface area (Å²) < 4.78 is 0. The van der Waals surface area contributed by atoms with E-state index in [1.807, 2.05) is 30.3 Å². The Morgan fingerprint density at radius 2 is 1.80 bits per heavy atom. The van der Waals surface area contributed by atoms with Crippen LogP contribution in [0.4, 0.5) is 0 Å². The van der Waals surface area contributed by atoms with Gasteiger partial charge in [-0.1, -0.05) is 30.3 Å². The molecule has 1 aromatic rings. The van der Waals surface area contributed by atoms with Crippen LogP contribution in [0.1, 0.15) is 25.8 Å². The zero-order valence-electron chi connectivity index (χ0n) is 12.0. The standard InChI is InChI=1S/C15H22N2O3/c1-15(2,11-18)17-13(19)8-9-16-14(20)10-12-6-4-3-5-7-12/h3-7,18H,8-11H2,1-2H3,(H,16,20)(H,17,19). The number of amides is 2. The summed E-state index contributed by atoms with van der Waals surface area (Å²) in [5.41, 5.74) is 0.307. The third-order valence-corrected chi connectivity index (χ3v) is 2.75. The van der Waals surface area contributed by atoms with Gasteiger partial charge in [0.1, 0.15) is 0 Å². The monoisotopic (exact) mass is 278 g/mol. The minimum atomic E-state index is -0.634. The summed E-state index contributed by atoms with van der Waals surface area (Å²) in [5, 5.41) is 14.4. The van der Waals surface area contributed by atoms with Crippen LogP contribution >= 0.6 is 0 Å². The summed E-state index contributed by atoms with van der Waals surface area (Å²) >= 11 is 0. The van der Waals surface area contributed by atoms with Crippen LogP contribution in [0.2, 0.25) is 0 Å². The molecular formula is C15H22N2O3. The Labute approximate surface area is 119 Å². The van der Waals surface area contributed by atoms with Gasteiger partial charge in [-0.3, -0.25) is 9.59 Å². The van der Waals surface area contributed by atoms with Crippen molar-refractivity contribution in [2.45, 2.75) is 32.2 Å². The second kappa shape index (κ2) is 7.65. The van der Waals surface area contributed by atoms with Crippen molar-refractivity contribution in [2.75, 3.05) is 13.2 Å². The highest BCUT2D eigenvalue weighted by Gasteiger charge is 2.18. The number of aliphatic hydroxyl groups is 1. The van der Waals surface area contributed by atoms with Crippen molar-refractivity contribution in [2.24, 2.45) is 0 Å². The summed E-state index contributed by atoms with van der Waals surface area (Å²) in [7, 11) is 0. The molecule has 0 unspecified atom stereocenters. The SMILES string of the molecule is CC(C)(CO)NC(=O)CCNC(=O)Cc1ccccc1. The van der Waals surface area contributed by atoms with Gasteiger partial charge in [0.25, 0.3) is 0 Å². The molecule has 110 valence electrons. The molecule has 0 radical (unpaired) electrons. The molecule has 20 heavy (non-hydrogen) atoms. The predicted molar refractivity (Wildman–Crippen MR) is 77.1 cm³/mol. The smallest absolute Gasteiger partial charge is 0.224 e. The number of carbonyl (C=O) groups excluding carboxylic acids is 2. The van der Waals surface area contributed by atoms with Gasteiger partial charge in [-0.25, -0.2) is 0 Å². The summed E-state index contributed by atoms with van der Waals surface area (Å²) in [6, 6.07) is 9.43. The highest BCUT2D eigenvalue weighted by Crippen LogP contribution is 2.00. The molecule has 0 heterocycles. The molecule has 3 N–H and O–H groups in total. The molecule has 1 aromatic carbocycles. The molecule has 0 spiro atoms. The maximum absolute atomic E-state index is 11.7. The Bertz CT molecular complexity index is 444. The van der Waals surface area contributed by atoms with Gasteiger partial charge in [-0.05, 0) is 19.4 Å². The first kappa shape index (κ1) is 16.2. The molecule has 0 saturated carbocycles. The quantitative estimate of drug-likeness (QED) is 0.684. The lowest BCUT2D eigenvalue weighted by Crippen LogP contribution is -2.47. The van der Waals surface area contributed by atoms with Gasteiger partial charge in [0.15, 0.2) is 0 Å². The molecule has 0 saturated heterocycles. The number of hydrogen-bond acceptors (Lipinski definition) is 3. The van der Waals surface area contributed by atoms with Gasteiger partial charge in [-0.15, -0.1) is 0 Å². The fourth-order valence-electron chi connectivity index (χ4n) is 1.64. The van der Waals surface area contributed by atoms with Crippen LogP contribution in [0, 0.1) is 0 Å². The molecule has 0 aromatic heterocycles. The third kappa shape index (κ3) is 6.33. The summed E-state index contributed by atoms with van der Waals surface area (Å²) in [5.74, 6) is -0.297. The minimum Gasteiger partial charge on any atom is -0.394 e. The summed E-state index contributed by atoms with van der Waals surface area (Å²) in [6.07, 6.45) is 0.508. The summed E-state index contributed by atoms with van der Waals surface area (Å²) in [4.78, 5) is 23.2. The van der Waals surface area contributed by atoms with Gasteiger partial charge >= 0.3 is 0 Å². The first-order valence-corrected chi connectivity index (χ1v) is 6.65. The van der Waals surface area contributed by atoms with E-state index in [1.165, 1.54) is 0 Å². The Morgan fingerprint density at radius 3 is 2.40 bits per heavy atom. The van der Waals surface area contributed by atoms with Gasteiger partial charge in [0, 0.05) is 13.0 Å². The fraction of sp³-hybridized carbons (Fsp3) is 0.467. The molecule has 0 aliphatic heterocycles. The van der Waals surface area contributed by atoms with E-state index in [-0.39, 0.29) is 24.8 Å². The van der Waals surface area contributed by atoms with Crippen molar-refractivity contribution < 1.29 is 14.7 Å². The molecule has 2 amide bonds. The number of aliphatic hydroxyl groups excluding tert-OH is 1. The predicted octanol–water partition coefficient (Wildman–Crippen LogP) is 0.623. The molecule has 0 fully saturated rings. The number of benzene rings is 1. The van der Waals surface area contributed by atoms with Crippen molar-refractivity contribution >= 4 is 11.8 Å². The van der Waals surface area contributed by atoms with Crippen molar-refractivity contribution in [3.05, 3.63) is 35.9 Å². The zero-order valence-corrected chi connectivity index (χ0v) is 12.0. The Balaban J connectivity index is 2.24. The van der Waals surface area contributed by atoms with Crippen LogP contribution in [0.25, 0.3) is 0 Å². The van der Waals surface area contributed by atoms with Gasteiger partial charge < -0.3 is 15.7 Å². The van der Waals surface area contributed by atoms with Crippen LogP contribution in [-0.2, 0) is 16.0 Å². The number of nitrogens with one attached hydrogen (secondary N) is 2. The lowest BCUT2D eigenvalue weighted by molar-refractivity contribution is -0.123. The molecule has 0 aliphatic carbocycles. The van der Waals surface area contributed by atoms with Crippen LogP contribution < -0.4 is 10.6 Å². The van der Waals surface area contributed by atoms with Crippen molar-refractivity contribution in [3.63, 3.8) is 0 Å². The molecule has 5 nitrogen and oxygen atoms in total. The first-order valence-electron chi connectivity index (χ1n) is 6.65. The third-order valence-electron chi connectivity index (χ3n) is 2.75. The van der Waals surface area contributed by atoms with E-state index in [0.717, 1.165) is 5.56 Å². The molecule has 0 atom stereocenters. The lowest BCUT2D eigenvalue weighted by Gasteiger charge is -2.23. The normalized spacial score (nSPS) is 10.9. The van der Waals surface area contributed by atoms with Gasteiger partial charge in [0.2, 0.25) is 11.8 Å². The van der Waals surface area contributed by atoms with Crippen LogP contribution in [0.3, 0.4) is 0 Å². The highest BCUT2D eigenvalue weighted by atomic mass is 16.3.